The van der Waals surface area contributed by atoms with Crippen molar-refractivity contribution in [3.05, 3.63) is 65.2 Å². The fourth-order valence-corrected chi connectivity index (χ4v) is 1.90. The molecule has 6 heteroatoms. The van der Waals surface area contributed by atoms with E-state index in [2.05, 4.69) is 4.74 Å². The van der Waals surface area contributed by atoms with Crippen LogP contribution >= 0.6 is 0 Å². The molecule has 0 saturated carbocycles. The first-order valence-electron chi connectivity index (χ1n) is 6.46. The Morgan fingerprint density at radius 1 is 1.23 bits per heavy atom. The van der Waals surface area contributed by atoms with E-state index in [0.717, 1.165) is 18.2 Å². The standard InChI is InChI=1S/C16H14F2O4/c1-21-16(20)11-4-2-3-5-15(11)22-9-14(19)12-8-10(17)6-7-13(12)18/h2-8,14,19H,9H2,1H3. The average molecular weight is 308 g/mol. The molecule has 0 heterocycles. The first-order chi connectivity index (χ1) is 10.5. The molecule has 0 radical (unpaired) electrons. The molecule has 4 nitrogen and oxygen atoms in total. The number of halogens is 2. The molecule has 0 saturated heterocycles. The van der Waals surface area contributed by atoms with E-state index in [1.807, 2.05) is 0 Å². The summed E-state index contributed by atoms with van der Waals surface area (Å²) in [6.07, 6.45) is -1.37. The fourth-order valence-electron chi connectivity index (χ4n) is 1.90. The third-order valence-electron chi connectivity index (χ3n) is 3.01. The van der Waals surface area contributed by atoms with Gasteiger partial charge in [-0.2, -0.15) is 0 Å². The van der Waals surface area contributed by atoms with Crippen molar-refractivity contribution < 1.29 is 28.2 Å². The number of esters is 1. The first-order valence-corrected chi connectivity index (χ1v) is 6.46. The number of para-hydroxylation sites is 1. The lowest BCUT2D eigenvalue weighted by molar-refractivity contribution is 0.0588. The van der Waals surface area contributed by atoms with E-state index in [1.165, 1.54) is 19.2 Å². The smallest absolute Gasteiger partial charge is 0.341 e. The molecule has 116 valence electrons. The largest absolute Gasteiger partial charge is 0.490 e. The lowest BCUT2D eigenvalue weighted by Gasteiger charge is -2.15. The molecule has 2 rings (SSSR count). The summed E-state index contributed by atoms with van der Waals surface area (Å²) in [7, 11) is 1.23. The summed E-state index contributed by atoms with van der Waals surface area (Å²) in [5.74, 6) is -1.81. The molecule has 0 spiro atoms. The quantitative estimate of drug-likeness (QED) is 0.863. The number of rotatable bonds is 5. The molecule has 1 N–H and O–H groups in total. The second-order valence-electron chi connectivity index (χ2n) is 4.48. The first kappa shape index (κ1) is 15.9. The van der Waals surface area contributed by atoms with Crippen molar-refractivity contribution in [1.29, 1.82) is 0 Å². The van der Waals surface area contributed by atoms with Gasteiger partial charge >= 0.3 is 5.97 Å². The third kappa shape index (κ3) is 3.59. The summed E-state index contributed by atoms with van der Waals surface area (Å²) in [5, 5.41) is 9.93. The third-order valence-corrected chi connectivity index (χ3v) is 3.01. The van der Waals surface area contributed by atoms with E-state index in [4.69, 9.17) is 4.74 Å². The summed E-state index contributed by atoms with van der Waals surface area (Å²) in [6, 6.07) is 9.06. The van der Waals surface area contributed by atoms with Crippen LogP contribution in [0.25, 0.3) is 0 Å². The number of aliphatic hydroxyl groups excluding tert-OH is 1. The Kier molecular flexibility index (Phi) is 5.06. The van der Waals surface area contributed by atoms with Gasteiger partial charge in [0.1, 0.15) is 35.7 Å². The maximum absolute atomic E-state index is 13.6. The summed E-state index contributed by atoms with van der Waals surface area (Å²) in [6.45, 7) is -0.339. The number of ether oxygens (including phenoxy) is 2. The number of hydrogen-bond donors (Lipinski definition) is 1. The van der Waals surface area contributed by atoms with Gasteiger partial charge in [0.25, 0.3) is 0 Å². The molecule has 0 aliphatic heterocycles. The van der Waals surface area contributed by atoms with Gasteiger partial charge in [0.05, 0.1) is 7.11 Å². The van der Waals surface area contributed by atoms with Crippen LogP contribution in [-0.4, -0.2) is 24.8 Å². The van der Waals surface area contributed by atoms with Crippen LogP contribution in [0.3, 0.4) is 0 Å². The molecular weight excluding hydrogens is 294 g/mol. The molecular formula is C16H14F2O4. The van der Waals surface area contributed by atoms with E-state index in [-0.39, 0.29) is 23.5 Å². The highest BCUT2D eigenvalue weighted by Gasteiger charge is 2.17. The van der Waals surface area contributed by atoms with E-state index >= 15 is 0 Å². The maximum atomic E-state index is 13.6. The number of methoxy groups -OCH3 is 1. The van der Waals surface area contributed by atoms with E-state index in [1.54, 1.807) is 12.1 Å². The SMILES string of the molecule is COC(=O)c1ccccc1OCC(O)c1cc(F)ccc1F. The Morgan fingerprint density at radius 3 is 2.68 bits per heavy atom. The van der Waals surface area contributed by atoms with Crippen LogP contribution in [0, 0.1) is 11.6 Å². The van der Waals surface area contributed by atoms with Crippen LogP contribution in [-0.2, 0) is 4.74 Å². The van der Waals surface area contributed by atoms with Gasteiger partial charge in [0, 0.05) is 5.56 Å². The van der Waals surface area contributed by atoms with Gasteiger partial charge in [0.15, 0.2) is 0 Å². The average Bonchev–Trinajstić information content (AvgIpc) is 2.54. The van der Waals surface area contributed by atoms with E-state index in [0.29, 0.717) is 0 Å². The van der Waals surface area contributed by atoms with Crippen molar-refractivity contribution in [2.45, 2.75) is 6.10 Å². The van der Waals surface area contributed by atoms with Crippen molar-refractivity contribution >= 4 is 5.97 Å². The van der Waals surface area contributed by atoms with Crippen LogP contribution in [0.1, 0.15) is 22.0 Å². The minimum atomic E-state index is -1.37. The van der Waals surface area contributed by atoms with Gasteiger partial charge in [-0.15, -0.1) is 0 Å². The van der Waals surface area contributed by atoms with E-state index < -0.39 is 23.7 Å². The molecule has 0 aliphatic carbocycles. The Hall–Kier alpha value is -2.47. The zero-order valence-corrected chi connectivity index (χ0v) is 11.8. The Balaban J connectivity index is 2.13. The van der Waals surface area contributed by atoms with Gasteiger partial charge in [-0.05, 0) is 30.3 Å². The predicted molar refractivity (Wildman–Crippen MR) is 74.6 cm³/mol. The molecule has 0 fully saturated rings. The minimum Gasteiger partial charge on any atom is -0.490 e. The monoisotopic (exact) mass is 308 g/mol. The number of aliphatic hydroxyl groups is 1. The second kappa shape index (κ2) is 7.00. The zero-order valence-electron chi connectivity index (χ0n) is 11.8. The fraction of sp³-hybridized carbons (Fsp3) is 0.188. The number of hydrogen-bond acceptors (Lipinski definition) is 4. The lowest BCUT2D eigenvalue weighted by Crippen LogP contribution is -2.13. The van der Waals surface area contributed by atoms with Gasteiger partial charge in [-0.3, -0.25) is 0 Å². The molecule has 1 atom stereocenters. The van der Waals surface area contributed by atoms with Gasteiger partial charge in [0.2, 0.25) is 0 Å². The maximum Gasteiger partial charge on any atom is 0.341 e. The normalized spacial score (nSPS) is 11.8. The van der Waals surface area contributed by atoms with Gasteiger partial charge < -0.3 is 14.6 Å². The zero-order chi connectivity index (χ0) is 16.1. The van der Waals surface area contributed by atoms with E-state index in [9.17, 15) is 18.7 Å². The highest BCUT2D eigenvalue weighted by atomic mass is 19.1. The summed E-state index contributed by atoms with van der Waals surface area (Å²) < 4.78 is 36.6. The molecule has 2 aromatic carbocycles. The topological polar surface area (TPSA) is 55.8 Å². The molecule has 2 aromatic rings. The number of carbonyl (C=O) groups excluding carboxylic acids is 1. The lowest BCUT2D eigenvalue weighted by atomic mass is 10.1. The highest BCUT2D eigenvalue weighted by Crippen LogP contribution is 2.23. The summed E-state index contributed by atoms with van der Waals surface area (Å²) in [4.78, 5) is 11.6. The van der Waals surface area contributed by atoms with Crippen molar-refractivity contribution in [3.63, 3.8) is 0 Å². The molecule has 0 aliphatic rings. The van der Waals surface area contributed by atoms with Crippen LogP contribution in [0.15, 0.2) is 42.5 Å². The Morgan fingerprint density at radius 2 is 1.95 bits per heavy atom. The van der Waals surface area contributed by atoms with Crippen molar-refractivity contribution in [2.24, 2.45) is 0 Å². The predicted octanol–water partition coefficient (Wildman–Crippen LogP) is 2.86. The van der Waals surface area contributed by atoms with Crippen molar-refractivity contribution in [2.75, 3.05) is 13.7 Å². The highest BCUT2D eigenvalue weighted by molar-refractivity contribution is 5.92. The van der Waals surface area contributed by atoms with Crippen LogP contribution in [0.5, 0.6) is 5.75 Å². The second-order valence-corrected chi connectivity index (χ2v) is 4.48. The van der Waals surface area contributed by atoms with Crippen molar-refractivity contribution in [3.8, 4) is 5.75 Å². The Bertz CT molecular complexity index is 673. The number of carbonyl (C=O) groups is 1. The van der Waals surface area contributed by atoms with Gasteiger partial charge in [-0.25, -0.2) is 13.6 Å². The summed E-state index contributed by atoms with van der Waals surface area (Å²) in [5.41, 5.74) is -0.0348. The van der Waals surface area contributed by atoms with Crippen molar-refractivity contribution in [1.82, 2.24) is 0 Å². The molecule has 22 heavy (non-hydrogen) atoms. The minimum absolute atomic E-state index is 0.178. The van der Waals surface area contributed by atoms with Gasteiger partial charge in [-0.1, -0.05) is 12.1 Å². The molecule has 0 amide bonds. The molecule has 1 unspecified atom stereocenters. The molecule has 0 bridgehead atoms. The van der Waals surface area contributed by atoms with Crippen LogP contribution in [0.2, 0.25) is 0 Å². The Labute approximate surface area is 125 Å². The number of benzene rings is 2. The molecule has 0 aromatic heterocycles. The van der Waals surface area contributed by atoms with Crippen LogP contribution in [0.4, 0.5) is 8.78 Å². The summed E-state index contributed by atoms with van der Waals surface area (Å²) >= 11 is 0. The van der Waals surface area contributed by atoms with Crippen LogP contribution < -0.4 is 4.74 Å².